The number of hydrogen-bond acceptors (Lipinski definition) is 7. The van der Waals surface area contributed by atoms with Crippen LogP contribution in [0.1, 0.15) is 16.1 Å². The molecule has 8 heteroatoms. The Balaban J connectivity index is 1.69. The Morgan fingerprint density at radius 3 is 3.09 bits per heavy atom. The zero-order valence-corrected chi connectivity index (χ0v) is 12.5. The van der Waals surface area contributed by atoms with Crippen LogP contribution in [0.25, 0.3) is 11.5 Å². The number of aromatic nitrogens is 4. The van der Waals surface area contributed by atoms with Crippen molar-refractivity contribution >= 4 is 17.7 Å². The summed E-state index contributed by atoms with van der Waals surface area (Å²) in [5.74, 6) is 0.809. The number of carbonyl (C=O) groups excluding carboxylic acids is 1. The highest BCUT2D eigenvalue weighted by Crippen LogP contribution is 2.24. The third-order valence-electron chi connectivity index (χ3n) is 2.85. The van der Waals surface area contributed by atoms with E-state index in [9.17, 15) is 4.79 Å². The molecule has 0 aromatic carbocycles. The van der Waals surface area contributed by atoms with Gasteiger partial charge in [-0.3, -0.25) is 10.1 Å². The molecule has 0 atom stereocenters. The fraction of sp³-hybridized carbons (Fsp3) is 0.143. The maximum absolute atomic E-state index is 11.5. The summed E-state index contributed by atoms with van der Waals surface area (Å²) >= 11 is 1.39. The van der Waals surface area contributed by atoms with Crippen LogP contribution in [0.5, 0.6) is 0 Å². The van der Waals surface area contributed by atoms with Crippen LogP contribution in [-0.4, -0.2) is 33.2 Å². The van der Waals surface area contributed by atoms with Gasteiger partial charge < -0.3 is 9.15 Å². The molecule has 0 bridgehead atoms. The van der Waals surface area contributed by atoms with E-state index in [0.29, 0.717) is 16.7 Å². The van der Waals surface area contributed by atoms with Gasteiger partial charge in [-0.15, -0.1) is 5.10 Å². The Kier molecular flexibility index (Phi) is 4.19. The first-order chi connectivity index (χ1) is 10.8. The summed E-state index contributed by atoms with van der Waals surface area (Å²) in [4.78, 5) is 20.1. The van der Waals surface area contributed by atoms with Crippen molar-refractivity contribution in [2.24, 2.45) is 0 Å². The van der Waals surface area contributed by atoms with E-state index in [1.54, 1.807) is 12.3 Å². The largest absolute Gasteiger partial charge is 0.463 e. The van der Waals surface area contributed by atoms with Crippen molar-refractivity contribution in [3.8, 4) is 11.5 Å². The third kappa shape index (κ3) is 3.01. The second-order valence-electron chi connectivity index (χ2n) is 4.24. The number of hydrogen-bond donors (Lipinski definition) is 1. The molecule has 3 rings (SSSR count). The highest BCUT2D eigenvalue weighted by Gasteiger charge is 2.16. The predicted molar refractivity (Wildman–Crippen MR) is 79.2 cm³/mol. The fourth-order valence-corrected chi connectivity index (χ4v) is 2.57. The molecule has 3 aromatic heterocycles. The first-order valence-electron chi connectivity index (χ1n) is 6.39. The monoisotopic (exact) mass is 316 g/mol. The van der Waals surface area contributed by atoms with Gasteiger partial charge in [-0.05, 0) is 18.2 Å². The molecular formula is C14H12N4O3S. The summed E-state index contributed by atoms with van der Waals surface area (Å²) in [7, 11) is 1.32. The number of H-pyrrole nitrogens is 1. The van der Waals surface area contributed by atoms with Crippen molar-refractivity contribution in [3.05, 3.63) is 48.0 Å². The number of aromatic amines is 1. The van der Waals surface area contributed by atoms with Crippen LogP contribution in [-0.2, 0) is 10.5 Å². The second kappa shape index (κ2) is 6.44. The van der Waals surface area contributed by atoms with E-state index in [0.717, 1.165) is 11.3 Å². The molecule has 112 valence electrons. The minimum absolute atomic E-state index is 0.204. The Morgan fingerprint density at radius 2 is 2.32 bits per heavy atom. The Labute approximate surface area is 130 Å². The molecule has 7 nitrogen and oxygen atoms in total. The van der Waals surface area contributed by atoms with Gasteiger partial charge in [0.25, 0.3) is 0 Å². The average Bonchev–Trinajstić information content (AvgIpc) is 3.22. The molecule has 3 aromatic rings. The number of esters is 1. The fourth-order valence-electron chi connectivity index (χ4n) is 1.79. The van der Waals surface area contributed by atoms with Crippen molar-refractivity contribution < 1.29 is 13.9 Å². The highest BCUT2D eigenvalue weighted by atomic mass is 32.2. The number of nitrogens with one attached hydrogen (secondary N) is 1. The summed E-state index contributed by atoms with van der Waals surface area (Å²) in [6.07, 6.45) is 3.15. The van der Waals surface area contributed by atoms with Crippen LogP contribution < -0.4 is 0 Å². The molecule has 3 heterocycles. The van der Waals surface area contributed by atoms with E-state index >= 15 is 0 Å². The van der Waals surface area contributed by atoms with Crippen molar-refractivity contribution in [2.75, 3.05) is 7.11 Å². The predicted octanol–water partition coefficient (Wildman–Crippen LogP) is 2.54. The topological polar surface area (TPSA) is 93.9 Å². The van der Waals surface area contributed by atoms with E-state index in [-0.39, 0.29) is 5.76 Å². The van der Waals surface area contributed by atoms with Gasteiger partial charge in [0.2, 0.25) is 10.9 Å². The first-order valence-corrected chi connectivity index (χ1v) is 7.38. The summed E-state index contributed by atoms with van der Waals surface area (Å²) < 4.78 is 9.80. The van der Waals surface area contributed by atoms with Gasteiger partial charge in [0.15, 0.2) is 5.82 Å². The molecule has 0 aliphatic heterocycles. The molecule has 0 spiro atoms. The van der Waals surface area contributed by atoms with Crippen molar-refractivity contribution in [3.63, 3.8) is 0 Å². The van der Waals surface area contributed by atoms with Crippen LogP contribution in [0.3, 0.4) is 0 Å². The SMILES string of the molecule is COC(=O)c1occc1CSc1n[nH]c(-c2ccccn2)n1. The zero-order valence-electron chi connectivity index (χ0n) is 11.6. The Hall–Kier alpha value is -2.61. The molecule has 0 unspecified atom stereocenters. The molecule has 0 saturated heterocycles. The summed E-state index contributed by atoms with van der Waals surface area (Å²) in [6.45, 7) is 0. The number of rotatable bonds is 5. The molecular weight excluding hydrogens is 304 g/mol. The molecule has 1 N–H and O–H groups in total. The summed E-state index contributed by atoms with van der Waals surface area (Å²) in [5.41, 5.74) is 1.46. The Morgan fingerprint density at radius 1 is 1.41 bits per heavy atom. The van der Waals surface area contributed by atoms with Gasteiger partial charge in [-0.1, -0.05) is 17.8 Å². The first kappa shape index (κ1) is 14.3. The quantitative estimate of drug-likeness (QED) is 0.571. The van der Waals surface area contributed by atoms with Gasteiger partial charge in [0.05, 0.1) is 13.4 Å². The Bertz CT molecular complexity index is 769. The van der Waals surface area contributed by atoms with Gasteiger partial charge in [-0.2, -0.15) is 4.98 Å². The van der Waals surface area contributed by atoms with Crippen LogP contribution in [0.15, 0.2) is 46.3 Å². The lowest BCUT2D eigenvalue weighted by molar-refractivity contribution is 0.0564. The number of carbonyl (C=O) groups is 1. The van der Waals surface area contributed by atoms with E-state index in [1.807, 2.05) is 18.2 Å². The second-order valence-corrected chi connectivity index (χ2v) is 5.18. The lowest BCUT2D eigenvalue weighted by atomic mass is 10.3. The summed E-state index contributed by atoms with van der Waals surface area (Å²) in [5, 5.41) is 7.54. The molecule has 0 radical (unpaired) electrons. The lowest BCUT2D eigenvalue weighted by Crippen LogP contribution is -2.02. The molecule has 0 saturated carbocycles. The van der Waals surface area contributed by atoms with E-state index < -0.39 is 5.97 Å². The molecule has 0 aliphatic carbocycles. The van der Waals surface area contributed by atoms with E-state index in [2.05, 4.69) is 24.9 Å². The molecule has 0 amide bonds. The highest BCUT2D eigenvalue weighted by molar-refractivity contribution is 7.98. The van der Waals surface area contributed by atoms with Crippen LogP contribution >= 0.6 is 11.8 Å². The molecule has 22 heavy (non-hydrogen) atoms. The van der Waals surface area contributed by atoms with Gasteiger partial charge in [0.1, 0.15) is 5.69 Å². The number of furan rings is 1. The van der Waals surface area contributed by atoms with Crippen LogP contribution in [0, 0.1) is 0 Å². The molecule has 0 aliphatic rings. The number of pyridine rings is 1. The standard InChI is InChI=1S/C14H12N4O3S/c1-20-13(19)11-9(5-7-21-11)8-22-14-16-12(17-18-14)10-4-2-3-6-15-10/h2-7H,8H2,1H3,(H,16,17,18). The van der Waals surface area contributed by atoms with Crippen LogP contribution in [0.2, 0.25) is 0 Å². The number of thioether (sulfide) groups is 1. The zero-order chi connectivity index (χ0) is 15.4. The lowest BCUT2D eigenvalue weighted by Gasteiger charge is -1.98. The normalized spacial score (nSPS) is 10.6. The smallest absolute Gasteiger partial charge is 0.374 e. The number of methoxy groups -OCH3 is 1. The summed E-state index contributed by atoms with van der Waals surface area (Å²) in [6, 6.07) is 7.29. The average molecular weight is 316 g/mol. The minimum Gasteiger partial charge on any atom is -0.463 e. The minimum atomic E-state index is -0.496. The number of nitrogens with zero attached hydrogens (tertiary/aromatic N) is 3. The maximum Gasteiger partial charge on any atom is 0.374 e. The number of ether oxygens (including phenoxy) is 1. The van der Waals surface area contributed by atoms with Gasteiger partial charge in [-0.25, -0.2) is 4.79 Å². The van der Waals surface area contributed by atoms with Crippen LogP contribution in [0.4, 0.5) is 0 Å². The van der Waals surface area contributed by atoms with E-state index in [1.165, 1.54) is 25.1 Å². The third-order valence-corrected chi connectivity index (χ3v) is 3.74. The van der Waals surface area contributed by atoms with Crippen molar-refractivity contribution in [2.45, 2.75) is 10.9 Å². The van der Waals surface area contributed by atoms with Crippen molar-refractivity contribution in [1.82, 2.24) is 20.2 Å². The van der Waals surface area contributed by atoms with Crippen molar-refractivity contribution in [1.29, 1.82) is 0 Å². The van der Waals surface area contributed by atoms with Gasteiger partial charge >= 0.3 is 5.97 Å². The van der Waals surface area contributed by atoms with E-state index in [4.69, 9.17) is 4.42 Å². The van der Waals surface area contributed by atoms with Gasteiger partial charge in [0, 0.05) is 17.5 Å². The molecule has 0 fully saturated rings. The maximum atomic E-state index is 11.5.